The number of hydrogen-bond donors (Lipinski definition) is 1. The first-order valence-electron chi connectivity index (χ1n) is 6.27. The fourth-order valence-corrected chi connectivity index (χ4v) is 1.90. The summed E-state index contributed by atoms with van der Waals surface area (Å²) in [6, 6.07) is 16.7. The number of nitrogens with zero attached hydrogens (tertiary/aromatic N) is 1. The number of rotatable bonds is 5. The minimum Gasteiger partial charge on any atom is -0.497 e. The summed E-state index contributed by atoms with van der Waals surface area (Å²) < 4.78 is 11.1. The van der Waals surface area contributed by atoms with Gasteiger partial charge in [0.2, 0.25) is 0 Å². The molecular weight excluding hydrogens is 252 g/mol. The fraction of sp³-hybridized carbons (Fsp3) is 0.188. The van der Waals surface area contributed by atoms with E-state index < -0.39 is 0 Å². The number of methoxy groups -OCH3 is 1. The van der Waals surface area contributed by atoms with Crippen LogP contribution in [0.1, 0.15) is 17.2 Å². The number of benzene rings is 2. The summed E-state index contributed by atoms with van der Waals surface area (Å²) in [6.45, 7) is 0.337. The van der Waals surface area contributed by atoms with Gasteiger partial charge in [-0.15, -0.1) is 0 Å². The third-order valence-electron chi connectivity index (χ3n) is 2.92. The SMILES string of the molecule is COc1cccc(C(CN)Oc2cccc(C#N)c2)c1. The molecule has 0 heterocycles. The summed E-state index contributed by atoms with van der Waals surface area (Å²) in [7, 11) is 1.62. The standard InChI is InChI=1S/C16H16N2O2/c1-19-14-6-3-5-13(9-14)16(11-18)20-15-7-2-4-12(8-15)10-17/h2-9,16H,11,18H2,1H3. The zero-order chi connectivity index (χ0) is 14.4. The normalized spacial score (nSPS) is 11.4. The van der Waals surface area contributed by atoms with Crippen molar-refractivity contribution < 1.29 is 9.47 Å². The predicted molar refractivity (Wildman–Crippen MR) is 76.6 cm³/mol. The highest BCUT2D eigenvalue weighted by Gasteiger charge is 2.12. The van der Waals surface area contributed by atoms with Crippen molar-refractivity contribution in [1.82, 2.24) is 0 Å². The Kier molecular flexibility index (Phi) is 4.59. The summed E-state index contributed by atoms with van der Waals surface area (Å²) in [5.74, 6) is 1.39. The summed E-state index contributed by atoms with van der Waals surface area (Å²) >= 11 is 0. The second-order valence-electron chi connectivity index (χ2n) is 4.26. The van der Waals surface area contributed by atoms with Crippen molar-refractivity contribution in [3.63, 3.8) is 0 Å². The maximum atomic E-state index is 8.89. The van der Waals surface area contributed by atoms with Gasteiger partial charge in [0.05, 0.1) is 18.7 Å². The molecule has 0 aromatic heterocycles. The largest absolute Gasteiger partial charge is 0.497 e. The number of nitriles is 1. The Morgan fingerprint density at radius 1 is 1.15 bits per heavy atom. The van der Waals surface area contributed by atoms with Crippen LogP contribution in [0.5, 0.6) is 11.5 Å². The van der Waals surface area contributed by atoms with Gasteiger partial charge in [-0.1, -0.05) is 18.2 Å². The molecule has 0 spiro atoms. The van der Waals surface area contributed by atoms with Gasteiger partial charge in [0.25, 0.3) is 0 Å². The van der Waals surface area contributed by atoms with Crippen LogP contribution in [0.4, 0.5) is 0 Å². The molecule has 0 amide bonds. The van der Waals surface area contributed by atoms with E-state index in [1.807, 2.05) is 30.3 Å². The molecule has 1 atom stereocenters. The molecule has 2 rings (SSSR count). The molecule has 0 saturated carbocycles. The van der Waals surface area contributed by atoms with E-state index in [2.05, 4.69) is 6.07 Å². The lowest BCUT2D eigenvalue weighted by Gasteiger charge is -2.18. The highest BCUT2D eigenvalue weighted by molar-refractivity contribution is 5.37. The minimum atomic E-state index is -0.279. The van der Waals surface area contributed by atoms with E-state index in [-0.39, 0.29) is 6.10 Å². The highest BCUT2D eigenvalue weighted by atomic mass is 16.5. The van der Waals surface area contributed by atoms with E-state index in [0.29, 0.717) is 17.9 Å². The minimum absolute atomic E-state index is 0.279. The van der Waals surface area contributed by atoms with Gasteiger partial charge >= 0.3 is 0 Å². The monoisotopic (exact) mass is 268 g/mol. The molecule has 0 aliphatic heterocycles. The smallest absolute Gasteiger partial charge is 0.136 e. The van der Waals surface area contributed by atoms with Crippen LogP contribution in [0, 0.1) is 11.3 Å². The topological polar surface area (TPSA) is 68.3 Å². The molecule has 4 heteroatoms. The van der Waals surface area contributed by atoms with E-state index in [1.165, 1.54) is 0 Å². The quantitative estimate of drug-likeness (QED) is 0.905. The molecule has 0 fully saturated rings. The molecular formula is C16H16N2O2. The second-order valence-corrected chi connectivity index (χ2v) is 4.26. The average molecular weight is 268 g/mol. The lowest BCUT2D eigenvalue weighted by Crippen LogP contribution is -2.18. The van der Waals surface area contributed by atoms with Crippen LogP contribution in [0.15, 0.2) is 48.5 Å². The van der Waals surface area contributed by atoms with Crippen molar-refractivity contribution in [1.29, 1.82) is 5.26 Å². The zero-order valence-corrected chi connectivity index (χ0v) is 11.2. The average Bonchev–Trinajstić information content (AvgIpc) is 2.52. The highest BCUT2D eigenvalue weighted by Crippen LogP contribution is 2.24. The van der Waals surface area contributed by atoms with E-state index in [1.54, 1.807) is 25.3 Å². The van der Waals surface area contributed by atoms with Crippen molar-refractivity contribution in [2.75, 3.05) is 13.7 Å². The molecule has 102 valence electrons. The van der Waals surface area contributed by atoms with Crippen molar-refractivity contribution in [3.05, 3.63) is 59.7 Å². The Labute approximate surface area is 118 Å². The van der Waals surface area contributed by atoms with Crippen molar-refractivity contribution in [2.45, 2.75) is 6.10 Å². The number of nitrogens with two attached hydrogens (primary N) is 1. The Balaban J connectivity index is 2.21. The molecule has 2 aromatic carbocycles. The van der Waals surface area contributed by atoms with Gasteiger partial charge in [0.15, 0.2) is 0 Å². The Morgan fingerprint density at radius 3 is 2.60 bits per heavy atom. The Hall–Kier alpha value is -2.51. The van der Waals surface area contributed by atoms with E-state index in [0.717, 1.165) is 11.3 Å². The third-order valence-corrected chi connectivity index (χ3v) is 2.92. The van der Waals surface area contributed by atoms with Crippen LogP contribution in [0.25, 0.3) is 0 Å². The number of hydrogen-bond acceptors (Lipinski definition) is 4. The van der Waals surface area contributed by atoms with Gasteiger partial charge in [-0.2, -0.15) is 5.26 Å². The molecule has 0 saturated heterocycles. The molecule has 0 bridgehead atoms. The zero-order valence-electron chi connectivity index (χ0n) is 11.2. The van der Waals surface area contributed by atoms with Crippen LogP contribution in [-0.4, -0.2) is 13.7 Å². The molecule has 4 nitrogen and oxygen atoms in total. The number of ether oxygens (including phenoxy) is 2. The van der Waals surface area contributed by atoms with Crippen molar-refractivity contribution >= 4 is 0 Å². The summed E-state index contributed by atoms with van der Waals surface area (Å²) in [4.78, 5) is 0. The first-order chi connectivity index (χ1) is 9.76. The van der Waals surface area contributed by atoms with Crippen LogP contribution in [-0.2, 0) is 0 Å². The molecule has 2 aromatic rings. The summed E-state index contributed by atoms with van der Waals surface area (Å²) in [5, 5.41) is 8.89. The molecule has 0 radical (unpaired) electrons. The van der Waals surface area contributed by atoms with Gasteiger partial charge in [0.1, 0.15) is 17.6 Å². The molecule has 0 aliphatic carbocycles. The first-order valence-corrected chi connectivity index (χ1v) is 6.27. The fourth-order valence-electron chi connectivity index (χ4n) is 1.90. The van der Waals surface area contributed by atoms with E-state index in [4.69, 9.17) is 20.5 Å². The maximum Gasteiger partial charge on any atom is 0.136 e. The first kappa shape index (κ1) is 13.9. The summed E-state index contributed by atoms with van der Waals surface area (Å²) in [5.41, 5.74) is 7.28. The van der Waals surface area contributed by atoms with Gasteiger partial charge in [-0.25, -0.2) is 0 Å². The van der Waals surface area contributed by atoms with Crippen LogP contribution >= 0.6 is 0 Å². The predicted octanol–water partition coefficient (Wildman–Crippen LogP) is 2.65. The van der Waals surface area contributed by atoms with Gasteiger partial charge in [-0.05, 0) is 35.9 Å². The lowest BCUT2D eigenvalue weighted by molar-refractivity contribution is 0.213. The van der Waals surface area contributed by atoms with Crippen LogP contribution in [0.3, 0.4) is 0 Å². The van der Waals surface area contributed by atoms with Gasteiger partial charge < -0.3 is 15.2 Å². The van der Waals surface area contributed by atoms with Crippen molar-refractivity contribution in [3.8, 4) is 17.6 Å². The van der Waals surface area contributed by atoms with Crippen LogP contribution in [0.2, 0.25) is 0 Å². The molecule has 20 heavy (non-hydrogen) atoms. The van der Waals surface area contributed by atoms with Crippen molar-refractivity contribution in [2.24, 2.45) is 5.73 Å². The molecule has 1 unspecified atom stereocenters. The lowest BCUT2D eigenvalue weighted by atomic mass is 10.1. The third kappa shape index (κ3) is 3.28. The molecule has 2 N–H and O–H groups in total. The van der Waals surface area contributed by atoms with Gasteiger partial charge in [0, 0.05) is 6.54 Å². The maximum absolute atomic E-state index is 8.89. The Morgan fingerprint density at radius 2 is 1.90 bits per heavy atom. The van der Waals surface area contributed by atoms with E-state index in [9.17, 15) is 0 Å². The van der Waals surface area contributed by atoms with Crippen LogP contribution < -0.4 is 15.2 Å². The Bertz CT molecular complexity index is 620. The molecule has 0 aliphatic rings. The second kappa shape index (κ2) is 6.60. The van der Waals surface area contributed by atoms with Gasteiger partial charge in [-0.3, -0.25) is 0 Å². The summed E-state index contributed by atoms with van der Waals surface area (Å²) in [6.07, 6.45) is -0.279. The van der Waals surface area contributed by atoms with E-state index >= 15 is 0 Å².